The average Bonchev–Trinajstić information content (AvgIpc) is 2.41. The Hall–Kier alpha value is -1.80. The minimum Gasteiger partial charge on any atom is -0.370 e. The normalized spacial score (nSPS) is 12.2. The van der Waals surface area contributed by atoms with E-state index < -0.39 is 0 Å². The largest absolute Gasteiger partial charge is 0.370 e. The summed E-state index contributed by atoms with van der Waals surface area (Å²) in [6.45, 7) is 5.03. The molecule has 100 valence electrons. The first-order chi connectivity index (χ1) is 9.08. The number of anilines is 1. The van der Waals surface area contributed by atoms with Crippen molar-refractivity contribution < 1.29 is 0 Å². The number of rotatable bonds is 4. The van der Waals surface area contributed by atoms with Gasteiger partial charge in [0.2, 0.25) is 0 Å². The van der Waals surface area contributed by atoms with E-state index in [0.29, 0.717) is 0 Å². The maximum atomic E-state index is 6.04. The van der Waals surface area contributed by atoms with Crippen LogP contribution in [-0.2, 0) is 6.54 Å². The molecule has 2 N–H and O–H groups in total. The minimum atomic E-state index is 0.0525. The van der Waals surface area contributed by atoms with Gasteiger partial charge in [-0.15, -0.1) is 0 Å². The van der Waals surface area contributed by atoms with Crippen molar-refractivity contribution in [2.45, 2.75) is 26.4 Å². The predicted octanol–water partition coefficient (Wildman–Crippen LogP) is 3.65. The Balaban J connectivity index is 2.20. The van der Waals surface area contributed by atoms with Crippen LogP contribution in [0.4, 0.5) is 5.69 Å². The molecule has 2 heteroatoms. The zero-order valence-electron chi connectivity index (χ0n) is 11.9. The van der Waals surface area contributed by atoms with Gasteiger partial charge in [-0.1, -0.05) is 48.0 Å². The van der Waals surface area contributed by atoms with Gasteiger partial charge in [-0.25, -0.2) is 0 Å². The molecule has 0 fully saturated rings. The van der Waals surface area contributed by atoms with E-state index in [4.69, 9.17) is 5.73 Å². The van der Waals surface area contributed by atoms with Crippen molar-refractivity contribution in [2.75, 3.05) is 11.9 Å². The van der Waals surface area contributed by atoms with Crippen molar-refractivity contribution in [1.82, 2.24) is 0 Å². The molecule has 0 radical (unpaired) electrons. The van der Waals surface area contributed by atoms with Gasteiger partial charge in [-0.2, -0.15) is 0 Å². The summed E-state index contributed by atoms with van der Waals surface area (Å²) in [6, 6.07) is 17.1. The zero-order valence-corrected chi connectivity index (χ0v) is 11.9. The molecule has 19 heavy (non-hydrogen) atoms. The zero-order chi connectivity index (χ0) is 13.8. The molecule has 0 bridgehead atoms. The van der Waals surface area contributed by atoms with Crippen LogP contribution in [0.15, 0.2) is 48.5 Å². The molecule has 1 unspecified atom stereocenters. The van der Waals surface area contributed by atoms with Crippen LogP contribution < -0.4 is 10.6 Å². The molecule has 2 nitrogen and oxygen atoms in total. The van der Waals surface area contributed by atoms with Gasteiger partial charge >= 0.3 is 0 Å². The van der Waals surface area contributed by atoms with Gasteiger partial charge in [-0.3, -0.25) is 0 Å². The molecule has 0 aromatic heterocycles. The maximum absolute atomic E-state index is 6.04. The summed E-state index contributed by atoms with van der Waals surface area (Å²) in [5, 5.41) is 0. The van der Waals surface area contributed by atoms with Crippen LogP contribution in [0.3, 0.4) is 0 Å². The maximum Gasteiger partial charge on any atom is 0.0426 e. The minimum absolute atomic E-state index is 0.0525. The van der Waals surface area contributed by atoms with E-state index in [1.165, 1.54) is 22.4 Å². The van der Waals surface area contributed by atoms with Crippen LogP contribution in [0.1, 0.15) is 29.7 Å². The van der Waals surface area contributed by atoms with Crippen LogP contribution >= 0.6 is 0 Å². The Morgan fingerprint density at radius 2 is 1.68 bits per heavy atom. The van der Waals surface area contributed by atoms with Crippen molar-refractivity contribution in [2.24, 2.45) is 5.73 Å². The molecular weight excluding hydrogens is 232 g/mol. The number of para-hydroxylation sites is 1. The summed E-state index contributed by atoms with van der Waals surface area (Å²) < 4.78 is 0. The highest BCUT2D eigenvalue weighted by Gasteiger charge is 2.10. The highest BCUT2D eigenvalue weighted by atomic mass is 15.1. The monoisotopic (exact) mass is 254 g/mol. The second-order valence-electron chi connectivity index (χ2n) is 5.19. The third-order valence-corrected chi connectivity index (χ3v) is 3.38. The molecule has 2 rings (SSSR count). The fourth-order valence-corrected chi connectivity index (χ4v) is 2.27. The van der Waals surface area contributed by atoms with Gasteiger partial charge in [0.15, 0.2) is 0 Å². The molecule has 0 heterocycles. The predicted molar refractivity (Wildman–Crippen MR) is 82.3 cm³/mol. The van der Waals surface area contributed by atoms with E-state index in [2.05, 4.69) is 61.3 Å². The van der Waals surface area contributed by atoms with Gasteiger partial charge in [-0.05, 0) is 31.0 Å². The highest BCUT2D eigenvalue weighted by molar-refractivity contribution is 5.54. The smallest absolute Gasteiger partial charge is 0.0426 e. The lowest BCUT2D eigenvalue weighted by Gasteiger charge is -2.24. The number of nitrogens with zero attached hydrogens (tertiary/aromatic N) is 1. The second-order valence-corrected chi connectivity index (χ2v) is 5.19. The lowest BCUT2D eigenvalue weighted by Crippen LogP contribution is -2.20. The molecular formula is C17H22N2. The fraction of sp³-hybridized carbons (Fsp3) is 0.294. The molecule has 0 aliphatic carbocycles. The summed E-state index contributed by atoms with van der Waals surface area (Å²) in [5.74, 6) is 0. The van der Waals surface area contributed by atoms with Crippen molar-refractivity contribution in [3.8, 4) is 0 Å². The second kappa shape index (κ2) is 5.89. The average molecular weight is 254 g/mol. The molecule has 0 saturated carbocycles. The first kappa shape index (κ1) is 13.6. The van der Waals surface area contributed by atoms with E-state index in [0.717, 1.165) is 6.54 Å². The van der Waals surface area contributed by atoms with E-state index >= 15 is 0 Å². The van der Waals surface area contributed by atoms with Crippen LogP contribution in [0, 0.1) is 6.92 Å². The lowest BCUT2D eigenvalue weighted by atomic mass is 10.1. The van der Waals surface area contributed by atoms with E-state index in [9.17, 15) is 0 Å². The van der Waals surface area contributed by atoms with Gasteiger partial charge in [0.05, 0.1) is 0 Å². The molecule has 0 spiro atoms. The van der Waals surface area contributed by atoms with Gasteiger partial charge in [0.25, 0.3) is 0 Å². The van der Waals surface area contributed by atoms with E-state index in [1.54, 1.807) is 0 Å². The highest BCUT2D eigenvalue weighted by Crippen LogP contribution is 2.25. The van der Waals surface area contributed by atoms with Crippen molar-refractivity contribution >= 4 is 5.69 Å². The SMILES string of the molecule is Cc1ccc(CN(C)c2ccccc2C(C)N)cc1. The number of aryl methyl sites for hydroxylation is 1. The van der Waals surface area contributed by atoms with E-state index in [1.807, 2.05) is 13.0 Å². The molecule has 0 amide bonds. The number of hydrogen-bond acceptors (Lipinski definition) is 2. The van der Waals surface area contributed by atoms with Gasteiger partial charge in [0, 0.05) is 25.3 Å². The molecule has 1 atom stereocenters. The van der Waals surface area contributed by atoms with Crippen molar-refractivity contribution in [3.05, 3.63) is 65.2 Å². The Morgan fingerprint density at radius 3 is 2.32 bits per heavy atom. The van der Waals surface area contributed by atoms with Crippen LogP contribution in [-0.4, -0.2) is 7.05 Å². The fourth-order valence-electron chi connectivity index (χ4n) is 2.27. The summed E-state index contributed by atoms with van der Waals surface area (Å²) in [4.78, 5) is 2.25. The van der Waals surface area contributed by atoms with Crippen LogP contribution in [0.2, 0.25) is 0 Å². The first-order valence-corrected chi connectivity index (χ1v) is 6.69. The molecule has 0 aliphatic heterocycles. The molecule has 2 aromatic rings. The Kier molecular flexibility index (Phi) is 4.23. The third kappa shape index (κ3) is 3.36. The number of benzene rings is 2. The van der Waals surface area contributed by atoms with Crippen molar-refractivity contribution in [1.29, 1.82) is 0 Å². The Bertz CT molecular complexity index is 529. The molecule has 2 aromatic carbocycles. The summed E-state index contributed by atoms with van der Waals surface area (Å²) in [6.07, 6.45) is 0. The summed E-state index contributed by atoms with van der Waals surface area (Å²) >= 11 is 0. The van der Waals surface area contributed by atoms with Crippen LogP contribution in [0.25, 0.3) is 0 Å². The quantitative estimate of drug-likeness (QED) is 0.902. The summed E-state index contributed by atoms with van der Waals surface area (Å²) in [5.41, 5.74) is 11.0. The first-order valence-electron chi connectivity index (χ1n) is 6.69. The Labute approximate surface area is 115 Å². The number of nitrogens with two attached hydrogens (primary N) is 1. The topological polar surface area (TPSA) is 29.3 Å². The van der Waals surface area contributed by atoms with Crippen molar-refractivity contribution in [3.63, 3.8) is 0 Å². The van der Waals surface area contributed by atoms with Crippen LogP contribution in [0.5, 0.6) is 0 Å². The van der Waals surface area contributed by atoms with E-state index in [-0.39, 0.29) is 6.04 Å². The standard InChI is InChI=1S/C17H22N2/c1-13-8-10-15(11-9-13)12-19(3)17-7-5-4-6-16(17)14(2)18/h4-11,14H,12,18H2,1-3H3. The van der Waals surface area contributed by atoms with Gasteiger partial charge in [0.1, 0.15) is 0 Å². The number of hydrogen-bond donors (Lipinski definition) is 1. The lowest BCUT2D eigenvalue weighted by molar-refractivity contribution is 0.801. The summed E-state index contributed by atoms with van der Waals surface area (Å²) in [7, 11) is 2.11. The molecule has 0 aliphatic rings. The molecule has 0 saturated heterocycles. The Morgan fingerprint density at radius 1 is 1.05 bits per heavy atom. The third-order valence-electron chi connectivity index (χ3n) is 3.38. The van der Waals surface area contributed by atoms with Gasteiger partial charge < -0.3 is 10.6 Å².